The molecule has 0 fully saturated rings. The lowest BCUT2D eigenvalue weighted by Gasteiger charge is -2.22. The van der Waals surface area contributed by atoms with Gasteiger partial charge in [0.15, 0.2) is 0 Å². The normalized spacial score (nSPS) is 12.1. The molecule has 0 bridgehead atoms. The minimum Gasteiger partial charge on any atom is -0.481 e. The van der Waals surface area contributed by atoms with Crippen LogP contribution in [-0.4, -0.2) is 46.0 Å². The standard InChI is InChI=1S/C21H32O10/c1-19(2,11-15(24)30-13(22)7-9-20(3,4)17(26)27)12-16(25)31-14(23)8-10-21(5,6)18(28)29/h7-12H2,1-6H3,(H,26,27)(H,28,29). The molecule has 0 rings (SSSR count). The molecule has 0 radical (unpaired) electrons. The van der Waals surface area contributed by atoms with E-state index in [0.29, 0.717) is 0 Å². The van der Waals surface area contributed by atoms with Crippen LogP contribution in [0.15, 0.2) is 0 Å². The summed E-state index contributed by atoms with van der Waals surface area (Å²) in [4.78, 5) is 69.5. The Morgan fingerprint density at radius 1 is 0.581 bits per heavy atom. The average molecular weight is 444 g/mol. The summed E-state index contributed by atoms with van der Waals surface area (Å²) in [6.07, 6.45) is -1.15. The molecule has 0 aliphatic heterocycles. The van der Waals surface area contributed by atoms with Gasteiger partial charge in [0, 0.05) is 12.8 Å². The molecule has 0 aromatic carbocycles. The summed E-state index contributed by atoms with van der Waals surface area (Å²) in [5.41, 5.74) is -3.26. The van der Waals surface area contributed by atoms with Crippen molar-refractivity contribution in [2.45, 2.75) is 80.1 Å². The van der Waals surface area contributed by atoms with E-state index in [1.807, 2.05) is 0 Å². The lowest BCUT2D eigenvalue weighted by Crippen LogP contribution is -2.28. The molecule has 0 saturated carbocycles. The zero-order valence-corrected chi connectivity index (χ0v) is 18.9. The summed E-state index contributed by atoms with van der Waals surface area (Å²) < 4.78 is 9.35. The number of hydrogen-bond acceptors (Lipinski definition) is 8. The number of esters is 4. The lowest BCUT2D eigenvalue weighted by molar-refractivity contribution is -0.162. The molecule has 31 heavy (non-hydrogen) atoms. The molecule has 10 heteroatoms. The molecule has 0 aliphatic carbocycles. The molecule has 0 atom stereocenters. The van der Waals surface area contributed by atoms with Crippen LogP contribution in [0, 0.1) is 16.2 Å². The van der Waals surface area contributed by atoms with Crippen molar-refractivity contribution in [3.63, 3.8) is 0 Å². The molecule has 0 amide bonds. The number of carbonyl (C=O) groups excluding carboxylic acids is 4. The predicted octanol–water partition coefficient (Wildman–Crippen LogP) is 2.71. The van der Waals surface area contributed by atoms with Crippen molar-refractivity contribution in [3.8, 4) is 0 Å². The highest BCUT2D eigenvalue weighted by molar-refractivity contribution is 5.88. The fourth-order valence-electron chi connectivity index (χ4n) is 2.32. The third-order valence-corrected chi connectivity index (χ3v) is 4.77. The van der Waals surface area contributed by atoms with Gasteiger partial charge in [0.05, 0.1) is 23.7 Å². The minimum absolute atomic E-state index is 0.00897. The maximum Gasteiger partial charge on any atom is 0.313 e. The van der Waals surface area contributed by atoms with Gasteiger partial charge >= 0.3 is 35.8 Å². The van der Waals surface area contributed by atoms with E-state index in [9.17, 15) is 28.8 Å². The topological polar surface area (TPSA) is 161 Å². The number of carbonyl (C=O) groups is 6. The van der Waals surface area contributed by atoms with E-state index in [1.165, 1.54) is 27.7 Å². The van der Waals surface area contributed by atoms with Crippen LogP contribution < -0.4 is 0 Å². The molecule has 0 saturated heterocycles. The van der Waals surface area contributed by atoms with Crippen molar-refractivity contribution in [2.75, 3.05) is 0 Å². The number of ether oxygens (including phenoxy) is 2. The SMILES string of the molecule is CC(C)(CC(=O)OC(=O)CCC(C)(C)C(=O)O)CC(=O)OC(=O)CCC(C)(C)C(=O)O. The minimum atomic E-state index is -1.14. The molecule has 10 nitrogen and oxygen atoms in total. The quantitative estimate of drug-likeness (QED) is 0.338. The van der Waals surface area contributed by atoms with Gasteiger partial charge in [-0.2, -0.15) is 0 Å². The van der Waals surface area contributed by atoms with Crippen molar-refractivity contribution >= 4 is 35.8 Å². The summed E-state index contributed by atoms with van der Waals surface area (Å²) >= 11 is 0. The fraction of sp³-hybridized carbons (Fsp3) is 0.714. The molecule has 2 N–H and O–H groups in total. The molecule has 176 valence electrons. The van der Waals surface area contributed by atoms with E-state index < -0.39 is 52.1 Å². The van der Waals surface area contributed by atoms with Gasteiger partial charge in [-0.15, -0.1) is 0 Å². The maximum absolute atomic E-state index is 12.0. The zero-order chi connectivity index (χ0) is 24.6. The molecule has 0 unspecified atom stereocenters. The van der Waals surface area contributed by atoms with Gasteiger partial charge in [-0.25, -0.2) is 0 Å². The monoisotopic (exact) mass is 444 g/mol. The Morgan fingerprint density at radius 3 is 1.13 bits per heavy atom. The van der Waals surface area contributed by atoms with Gasteiger partial charge in [-0.3, -0.25) is 28.8 Å². The van der Waals surface area contributed by atoms with Crippen molar-refractivity contribution in [1.29, 1.82) is 0 Å². The van der Waals surface area contributed by atoms with Crippen LogP contribution in [0.4, 0.5) is 0 Å². The molecular formula is C21H32O10. The van der Waals surface area contributed by atoms with Crippen molar-refractivity contribution < 1.29 is 48.5 Å². The second-order valence-electron chi connectivity index (χ2n) is 9.59. The number of carboxylic acids is 2. The van der Waals surface area contributed by atoms with E-state index >= 15 is 0 Å². The van der Waals surface area contributed by atoms with Crippen LogP contribution in [-0.2, 0) is 38.2 Å². The Morgan fingerprint density at radius 2 is 0.871 bits per heavy atom. The van der Waals surface area contributed by atoms with E-state index in [0.717, 1.165) is 0 Å². The lowest BCUT2D eigenvalue weighted by atomic mass is 9.85. The summed E-state index contributed by atoms with van der Waals surface area (Å²) in [5.74, 6) is -5.65. The maximum atomic E-state index is 12.0. The molecule has 0 heterocycles. The van der Waals surface area contributed by atoms with E-state index in [-0.39, 0.29) is 38.5 Å². The molecular weight excluding hydrogens is 412 g/mol. The van der Waals surface area contributed by atoms with Gasteiger partial charge in [0.25, 0.3) is 0 Å². The van der Waals surface area contributed by atoms with Crippen LogP contribution in [0.25, 0.3) is 0 Å². The van der Waals surface area contributed by atoms with Crippen LogP contribution in [0.2, 0.25) is 0 Å². The summed E-state index contributed by atoms with van der Waals surface area (Å²) in [6, 6.07) is 0. The van der Waals surface area contributed by atoms with E-state index in [1.54, 1.807) is 13.8 Å². The van der Waals surface area contributed by atoms with Crippen molar-refractivity contribution in [2.24, 2.45) is 16.2 Å². The first-order valence-electron chi connectivity index (χ1n) is 9.82. The fourth-order valence-corrected chi connectivity index (χ4v) is 2.32. The van der Waals surface area contributed by atoms with Gasteiger partial charge in [0.2, 0.25) is 0 Å². The number of aliphatic carboxylic acids is 2. The first kappa shape index (κ1) is 28.2. The van der Waals surface area contributed by atoms with Crippen molar-refractivity contribution in [1.82, 2.24) is 0 Å². The third kappa shape index (κ3) is 11.3. The molecule has 0 spiro atoms. The van der Waals surface area contributed by atoms with Crippen LogP contribution in [0.5, 0.6) is 0 Å². The Hall–Kier alpha value is -2.78. The van der Waals surface area contributed by atoms with Gasteiger partial charge < -0.3 is 19.7 Å². The zero-order valence-electron chi connectivity index (χ0n) is 18.9. The van der Waals surface area contributed by atoms with Gasteiger partial charge in [0.1, 0.15) is 0 Å². The highest BCUT2D eigenvalue weighted by Gasteiger charge is 2.32. The largest absolute Gasteiger partial charge is 0.481 e. The van der Waals surface area contributed by atoms with Crippen LogP contribution >= 0.6 is 0 Å². The Kier molecular flexibility index (Phi) is 10.0. The van der Waals surface area contributed by atoms with Crippen LogP contribution in [0.3, 0.4) is 0 Å². The van der Waals surface area contributed by atoms with E-state index in [4.69, 9.17) is 10.2 Å². The second-order valence-corrected chi connectivity index (χ2v) is 9.59. The molecule has 0 aliphatic rings. The summed E-state index contributed by atoms with van der Waals surface area (Å²) in [5, 5.41) is 18.0. The molecule has 0 aromatic heterocycles. The number of carboxylic acid groups (broad SMARTS) is 2. The Bertz CT molecular complexity index is 670. The predicted molar refractivity (Wildman–Crippen MR) is 107 cm³/mol. The number of rotatable bonds is 12. The first-order valence-corrected chi connectivity index (χ1v) is 9.82. The number of hydrogen-bond donors (Lipinski definition) is 2. The first-order chi connectivity index (χ1) is 13.9. The summed E-state index contributed by atoms with van der Waals surface area (Å²) in [6.45, 7) is 8.88. The van der Waals surface area contributed by atoms with Gasteiger partial charge in [-0.1, -0.05) is 13.8 Å². The smallest absolute Gasteiger partial charge is 0.313 e. The molecule has 0 aromatic rings. The highest BCUT2D eigenvalue weighted by Crippen LogP contribution is 2.28. The van der Waals surface area contributed by atoms with Crippen molar-refractivity contribution in [3.05, 3.63) is 0 Å². The third-order valence-electron chi connectivity index (χ3n) is 4.77. The Labute approximate surface area is 181 Å². The Balaban J connectivity index is 4.52. The van der Waals surface area contributed by atoms with Crippen LogP contribution in [0.1, 0.15) is 80.1 Å². The van der Waals surface area contributed by atoms with E-state index in [2.05, 4.69) is 9.47 Å². The highest BCUT2D eigenvalue weighted by atomic mass is 16.6. The average Bonchev–Trinajstić information content (AvgIpc) is 2.56. The summed E-state index contributed by atoms with van der Waals surface area (Å²) in [7, 11) is 0. The second kappa shape index (κ2) is 11.0. The van der Waals surface area contributed by atoms with Gasteiger partial charge in [-0.05, 0) is 46.0 Å².